The molecule has 122 valence electrons. The van der Waals surface area contributed by atoms with Crippen LogP contribution in [-0.2, 0) is 4.74 Å². The third kappa shape index (κ3) is 3.53. The van der Waals surface area contributed by atoms with E-state index in [9.17, 15) is 9.59 Å². The summed E-state index contributed by atoms with van der Waals surface area (Å²) in [5.74, 6) is 0.574. The molecule has 0 aliphatic rings. The highest BCUT2D eigenvalue weighted by molar-refractivity contribution is 6.03. The number of aromatic amines is 1. The zero-order chi connectivity index (χ0) is 17.0. The van der Waals surface area contributed by atoms with Gasteiger partial charge in [0.25, 0.3) is 0 Å². The Morgan fingerprint density at radius 2 is 1.65 bits per heavy atom. The van der Waals surface area contributed by atoms with E-state index in [0.717, 1.165) is 0 Å². The molecule has 0 radical (unpaired) electrons. The topological polar surface area (TPSA) is 77.6 Å². The number of nitrogens with one attached hydrogen (secondary N) is 1. The number of ether oxygens (including phenoxy) is 3. The van der Waals surface area contributed by atoms with Crippen LogP contribution in [0.2, 0.25) is 0 Å². The first-order chi connectivity index (χ1) is 11.0. The number of carbonyl (C=O) groups excluding carboxylic acids is 2. The number of H-pyrrole nitrogens is 1. The number of aromatic nitrogens is 1. The molecule has 23 heavy (non-hydrogen) atoms. The number of hydrogen-bond acceptors (Lipinski definition) is 5. The number of carbonyl (C=O) groups is 2. The number of methoxy groups -OCH3 is 2. The molecule has 6 nitrogen and oxygen atoms in total. The van der Waals surface area contributed by atoms with Crippen molar-refractivity contribution in [2.45, 2.75) is 13.8 Å². The number of aryl methyl sites for hydroxylation is 1. The monoisotopic (exact) mass is 317 g/mol. The van der Waals surface area contributed by atoms with Crippen molar-refractivity contribution in [3.8, 4) is 11.5 Å². The predicted molar refractivity (Wildman–Crippen MR) is 84.4 cm³/mol. The Balaban J connectivity index is 2.11. The highest BCUT2D eigenvalue weighted by Gasteiger charge is 2.22. The molecule has 0 amide bonds. The van der Waals surface area contributed by atoms with Gasteiger partial charge < -0.3 is 19.2 Å². The van der Waals surface area contributed by atoms with Crippen LogP contribution in [0.25, 0.3) is 0 Å². The van der Waals surface area contributed by atoms with Gasteiger partial charge in [0.05, 0.1) is 14.2 Å². The SMILES string of the molecule is COC(=O)c1[nH]c(C)c(C(=O)COc2ccc(OC)cc2)c1C. The van der Waals surface area contributed by atoms with E-state index in [1.165, 1.54) is 7.11 Å². The Bertz CT molecular complexity index is 715. The van der Waals surface area contributed by atoms with Gasteiger partial charge in [-0.25, -0.2) is 4.79 Å². The average Bonchev–Trinajstić information content (AvgIpc) is 2.87. The Morgan fingerprint density at radius 3 is 2.22 bits per heavy atom. The van der Waals surface area contributed by atoms with E-state index < -0.39 is 5.97 Å². The fraction of sp³-hybridized carbons (Fsp3) is 0.294. The molecule has 0 bridgehead atoms. The molecule has 0 spiro atoms. The van der Waals surface area contributed by atoms with Gasteiger partial charge in [-0.3, -0.25) is 4.79 Å². The van der Waals surface area contributed by atoms with Crippen LogP contribution in [0.15, 0.2) is 24.3 Å². The summed E-state index contributed by atoms with van der Waals surface area (Å²) in [5, 5.41) is 0. The van der Waals surface area contributed by atoms with Crippen molar-refractivity contribution >= 4 is 11.8 Å². The minimum atomic E-state index is -0.499. The van der Waals surface area contributed by atoms with Crippen molar-refractivity contribution in [1.82, 2.24) is 4.98 Å². The Morgan fingerprint density at radius 1 is 1.04 bits per heavy atom. The normalized spacial score (nSPS) is 10.3. The van der Waals surface area contributed by atoms with Gasteiger partial charge in [0.2, 0.25) is 5.78 Å². The maximum Gasteiger partial charge on any atom is 0.354 e. The molecule has 0 saturated heterocycles. The molecule has 1 N–H and O–H groups in total. The summed E-state index contributed by atoms with van der Waals surface area (Å²) in [4.78, 5) is 26.9. The van der Waals surface area contributed by atoms with E-state index in [-0.39, 0.29) is 18.1 Å². The highest BCUT2D eigenvalue weighted by Crippen LogP contribution is 2.21. The number of hydrogen-bond donors (Lipinski definition) is 1. The van der Waals surface area contributed by atoms with Gasteiger partial charge in [0.1, 0.15) is 17.2 Å². The van der Waals surface area contributed by atoms with Crippen LogP contribution in [0.3, 0.4) is 0 Å². The van der Waals surface area contributed by atoms with E-state index in [0.29, 0.717) is 28.3 Å². The fourth-order valence-corrected chi connectivity index (χ4v) is 2.37. The van der Waals surface area contributed by atoms with Crippen molar-refractivity contribution in [3.63, 3.8) is 0 Å². The first-order valence-corrected chi connectivity index (χ1v) is 7.05. The third-order valence-electron chi connectivity index (χ3n) is 3.54. The van der Waals surface area contributed by atoms with Crippen molar-refractivity contribution in [1.29, 1.82) is 0 Å². The molecule has 2 aromatic rings. The van der Waals surface area contributed by atoms with Crippen LogP contribution in [0, 0.1) is 13.8 Å². The standard InChI is InChI=1S/C17H19NO5/c1-10-15(11(2)18-16(10)17(20)22-4)14(19)9-23-13-7-5-12(21-3)6-8-13/h5-8,18H,9H2,1-4H3. The maximum absolute atomic E-state index is 12.4. The van der Waals surface area contributed by atoms with Crippen LogP contribution in [-0.4, -0.2) is 37.6 Å². The van der Waals surface area contributed by atoms with Gasteiger partial charge in [-0.1, -0.05) is 0 Å². The van der Waals surface area contributed by atoms with E-state index in [2.05, 4.69) is 4.98 Å². The maximum atomic E-state index is 12.4. The average molecular weight is 317 g/mol. The van der Waals surface area contributed by atoms with E-state index >= 15 is 0 Å². The number of Topliss-reactive ketones (excluding diaryl/α,β-unsaturated/α-hetero) is 1. The van der Waals surface area contributed by atoms with Crippen molar-refractivity contribution in [3.05, 3.63) is 46.8 Å². The predicted octanol–water partition coefficient (Wildman–Crippen LogP) is 2.69. The third-order valence-corrected chi connectivity index (χ3v) is 3.54. The molecule has 0 saturated carbocycles. The molecule has 6 heteroatoms. The molecule has 2 rings (SSSR count). The zero-order valence-corrected chi connectivity index (χ0v) is 13.6. The summed E-state index contributed by atoms with van der Waals surface area (Å²) >= 11 is 0. The lowest BCUT2D eigenvalue weighted by Crippen LogP contribution is -2.13. The van der Waals surface area contributed by atoms with Crippen LogP contribution >= 0.6 is 0 Å². The van der Waals surface area contributed by atoms with E-state index in [1.807, 2.05) is 0 Å². The highest BCUT2D eigenvalue weighted by atomic mass is 16.5. The molecule has 1 aromatic heterocycles. The Hall–Kier alpha value is -2.76. The summed E-state index contributed by atoms with van der Waals surface area (Å²) < 4.78 is 15.2. The molecule has 1 heterocycles. The van der Waals surface area contributed by atoms with Crippen LogP contribution in [0.4, 0.5) is 0 Å². The Labute approximate surface area is 134 Å². The molecular weight excluding hydrogens is 298 g/mol. The lowest BCUT2D eigenvalue weighted by Gasteiger charge is -2.07. The summed E-state index contributed by atoms with van der Waals surface area (Å²) in [6.45, 7) is 3.32. The van der Waals surface area contributed by atoms with Gasteiger partial charge >= 0.3 is 5.97 Å². The summed E-state index contributed by atoms with van der Waals surface area (Å²) in [6.07, 6.45) is 0. The molecule has 0 fully saturated rings. The van der Waals surface area contributed by atoms with Gasteiger partial charge in [-0.2, -0.15) is 0 Å². The second kappa shape index (κ2) is 7.00. The second-order valence-electron chi connectivity index (χ2n) is 5.00. The van der Waals surface area contributed by atoms with Crippen molar-refractivity contribution in [2.75, 3.05) is 20.8 Å². The molecule has 0 atom stereocenters. The minimum absolute atomic E-state index is 0.119. The first kappa shape index (κ1) is 16.6. The lowest BCUT2D eigenvalue weighted by atomic mass is 10.1. The second-order valence-corrected chi connectivity index (χ2v) is 5.00. The first-order valence-electron chi connectivity index (χ1n) is 7.05. The number of ketones is 1. The molecule has 0 aliphatic heterocycles. The minimum Gasteiger partial charge on any atom is -0.497 e. The summed E-state index contributed by atoms with van der Waals surface area (Å²) in [5.41, 5.74) is 1.93. The molecular formula is C17H19NO5. The summed E-state index contributed by atoms with van der Waals surface area (Å²) in [6, 6.07) is 6.95. The summed E-state index contributed by atoms with van der Waals surface area (Å²) in [7, 11) is 2.88. The fourth-order valence-electron chi connectivity index (χ4n) is 2.37. The largest absolute Gasteiger partial charge is 0.497 e. The van der Waals surface area contributed by atoms with Crippen LogP contribution in [0.1, 0.15) is 32.1 Å². The van der Waals surface area contributed by atoms with E-state index in [1.54, 1.807) is 45.2 Å². The quantitative estimate of drug-likeness (QED) is 0.654. The molecule has 1 aromatic carbocycles. The number of esters is 1. The smallest absolute Gasteiger partial charge is 0.354 e. The number of benzene rings is 1. The number of rotatable bonds is 6. The van der Waals surface area contributed by atoms with E-state index in [4.69, 9.17) is 14.2 Å². The van der Waals surface area contributed by atoms with Gasteiger partial charge in [-0.15, -0.1) is 0 Å². The molecule has 0 unspecified atom stereocenters. The van der Waals surface area contributed by atoms with Crippen molar-refractivity contribution in [2.24, 2.45) is 0 Å². The van der Waals surface area contributed by atoms with Gasteiger partial charge in [0.15, 0.2) is 6.61 Å². The zero-order valence-electron chi connectivity index (χ0n) is 13.6. The van der Waals surface area contributed by atoms with Crippen molar-refractivity contribution < 1.29 is 23.8 Å². The van der Waals surface area contributed by atoms with Gasteiger partial charge in [-0.05, 0) is 43.7 Å². The van der Waals surface area contributed by atoms with Gasteiger partial charge in [0, 0.05) is 11.3 Å². The van der Waals surface area contributed by atoms with Crippen LogP contribution in [0.5, 0.6) is 11.5 Å². The lowest BCUT2D eigenvalue weighted by molar-refractivity contribution is 0.0594. The Kier molecular flexibility index (Phi) is 5.05. The van der Waals surface area contributed by atoms with Crippen LogP contribution < -0.4 is 9.47 Å². The molecule has 0 aliphatic carbocycles.